The highest BCUT2D eigenvalue weighted by atomic mass is 35.5. The van der Waals surface area contributed by atoms with Gasteiger partial charge in [0, 0.05) is 35.2 Å². The number of nitrogens with one attached hydrogen (secondary N) is 1. The molecule has 0 bridgehead atoms. The largest absolute Gasteiger partial charge is 0.445 e. The van der Waals surface area contributed by atoms with Gasteiger partial charge in [-0.3, -0.25) is 4.79 Å². The Kier molecular flexibility index (Phi) is 7.62. The van der Waals surface area contributed by atoms with Crippen LogP contribution in [-0.4, -0.2) is 30.0 Å². The molecular weight excluding hydrogens is 423 g/mol. The summed E-state index contributed by atoms with van der Waals surface area (Å²) in [6.45, 7) is 3.72. The van der Waals surface area contributed by atoms with E-state index >= 15 is 0 Å². The maximum atomic E-state index is 12.3. The van der Waals surface area contributed by atoms with Crippen LogP contribution < -0.4 is 5.32 Å². The number of hydrogen-bond acceptors (Lipinski definition) is 3. The maximum absolute atomic E-state index is 12.3. The van der Waals surface area contributed by atoms with Gasteiger partial charge in [0.1, 0.15) is 6.61 Å². The minimum atomic E-state index is -0.281. The van der Waals surface area contributed by atoms with Gasteiger partial charge in [-0.05, 0) is 48.4 Å². The number of likely N-dealkylation sites (tertiary alicyclic amines) is 1. The van der Waals surface area contributed by atoms with E-state index in [-0.39, 0.29) is 24.0 Å². The molecule has 1 N–H and O–H groups in total. The van der Waals surface area contributed by atoms with Gasteiger partial charge < -0.3 is 15.0 Å². The summed E-state index contributed by atoms with van der Waals surface area (Å²) in [5, 5.41) is 3.81. The van der Waals surface area contributed by atoms with Gasteiger partial charge in [0.15, 0.2) is 0 Å². The number of hydrogen-bond donors (Lipinski definition) is 1. The van der Waals surface area contributed by atoms with Gasteiger partial charge in [-0.15, -0.1) is 0 Å². The van der Waals surface area contributed by atoms with Gasteiger partial charge in [-0.2, -0.15) is 0 Å². The summed E-state index contributed by atoms with van der Waals surface area (Å²) in [5.74, 6) is -0.0701. The normalized spacial score (nSPS) is 15.5. The number of halogens is 2. The van der Waals surface area contributed by atoms with Crippen molar-refractivity contribution in [2.75, 3.05) is 18.4 Å². The van der Waals surface area contributed by atoms with E-state index in [1.54, 1.807) is 23.1 Å². The van der Waals surface area contributed by atoms with Crippen molar-refractivity contribution in [1.82, 2.24) is 4.90 Å². The van der Waals surface area contributed by atoms with E-state index in [0.29, 0.717) is 35.2 Å². The van der Waals surface area contributed by atoms with Crippen molar-refractivity contribution in [2.45, 2.75) is 39.2 Å². The van der Waals surface area contributed by atoms with Crippen molar-refractivity contribution in [1.29, 1.82) is 0 Å². The lowest BCUT2D eigenvalue weighted by Gasteiger charge is -2.38. The van der Waals surface area contributed by atoms with Crippen molar-refractivity contribution in [3.8, 4) is 0 Å². The smallest absolute Gasteiger partial charge is 0.410 e. The quantitative estimate of drug-likeness (QED) is 0.576. The van der Waals surface area contributed by atoms with Crippen LogP contribution in [0.4, 0.5) is 10.5 Å². The molecule has 0 aromatic heterocycles. The van der Waals surface area contributed by atoms with E-state index in [1.165, 1.54) is 0 Å². The third kappa shape index (κ3) is 6.64. The predicted molar refractivity (Wildman–Crippen MR) is 120 cm³/mol. The summed E-state index contributed by atoms with van der Waals surface area (Å²) in [7, 11) is 0. The highest BCUT2D eigenvalue weighted by molar-refractivity contribution is 6.35. The second-order valence-corrected chi connectivity index (χ2v) is 8.92. The molecule has 7 heteroatoms. The number of carbonyl (C=O) groups excluding carboxylic acids is 2. The lowest BCUT2D eigenvalue weighted by molar-refractivity contribution is -0.117. The minimum absolute atomic E-state index is 0.0134. The molecule has 0 radical (unpaired) electrons. The number of carbonyl (C=O) groups is 2. The van der Waals surface area contributed by atoms with E-state index in [0.717, 1.165) is 24.8 Å². The Morgan fingerprint density at radius 3 is 2.33 bits per heavy atom. The Labute approximate surface area is 187 Å². The van der Waals surface area contributed by atoms with Gasteiger partial charge in [0.05, 0.1) is 0 Å². The number of ether oxygens (including phenoxy) is 1. The second-order valence-electron chi connectivity index (χ2n) is 8.04. The molecule has 2 aromatic carbocycles. The van der Waals surface area contributed by atoms with Crippen LogP contribution in [0.25, 0.3) is 0 Å². The molecule has 1 fully saturated rings. The summed E-state index contributed by atoms with van der Waals surface area (Å²) < 4.78 is 5.42. The fourth-order valence-electron chi connectivity index (χ4n) is 3.55. The molecule has 0 atom stereocenters. The Hall–Kier alpha value is -2.24. The molecule has 1 heterocycles. The summed E-state index contributed by atoms with van der Waals surface area (Å²) in [6.07, 6.45) is 2.54. The highest BCUT2D eigenvalue weighted by Crippen LogP contribution is 2.36. The number of rotatable bonds is 6. The summed E-state index contributed by atoms with van der Waals surface area (Å²) >= 11 is 11.9. The summed E-state index contributed by atoms with van der Waals surface area (Å²) in [5.41, 5.74) is 1.58. The third-order valence-corrected chi connectivity index (χ3v) is 5.97. The van der Waals surface area contributed by atoms with Gasteiger partial charge >= 0.3 is 6.09 Å². The lowest BCUT2D eigenvalue weighted by atomic mass is 9.76. The number of piperidine rings is 1. The monoisotopic (exact) mass is 448 g/mol. The molecule has 0 unspecified atom stereocenters. The molecular formula is C23H26Cl2N2O3. The first-order valence-electron chi connectivity index (χ1n) is 10.0. The Bertz CT molecular complexity index is 861. The van der Waals surface area contributed by atoms with Crippen LogP contribution in [0, 0.1) is 5.41 Å². The van der Waals surface area contributed by atoms with E-state index in [4.69, 9.17) is 27.9 Å². The van der Waals surface area contributed by atoms with E-state index in [9.17, 15) is 9.59 Å². The number of benzene rings is 2. The van der Waals surface area contributed by atoms with Crippen molar-refractivity contribution >= 4 is 40.9 Å². The predicted octanol–water partition coefficient (Wildman–Crippen LogP) is 6.15. The standard InChI is InChI=1S/C23H26Cl2N2O3/c1-23(8-7-21(28)26-20-14-18(24)13-19(25)15-20)9-11-27(12-10-23)22(29)30-16-17-5-3-2-4-6-17/h2-6,13-15H,7-12,16H2,1H3,(H,26,28). The minimum Gasteiger partial charge on any atom is -0.445 e. The molecule has 1 aliphatic heterocycles. The topological polar surface area (TPSA) is 58.6 Å². The molecule has 2 amide bonds. The molecule has 2 aromatic rings. The van der Waals surface area contributed by atoms with Crippen molar-refractivity contribution in [3.63, 3.8) is 0 Å². The number of nitrogens with zero attached hydrogens (tertiary/aromatic N) is 1. The van der Waals surface area contributed by atoms with Crippen LogP contribution in [0.3, 0.4) is 0 Å². The Morgan fingerprint density at radius 2 is 1.70 bits per heavy atom. The number of amides is 2. The first-order valence-corrected chi connectivity index (χ1v) is 10.8. The van der Waals surface area contributed by atoms with Crippen LogP contribution in [0.5, 0.6) is 0 Å². The first-order chi connectivity index (χ1) is 14.3. The van der Waals surface area contributed by atoms with Crippen molar-refractivity contribution in [3.05, 3.63) is 64.1 Å². The molecule has 0 aliphatic carbocycles. The zero-order valence-electron chi connectivity index (χ0n) is 17.0. The highest BCUT2D eigenvalue weighted by Gasteiger charge is 2.32. The zero-order valence-corrected chi connectivity index (χ0v) is 18.5. The second kappa shape index (κ2) is 10.2. The summed E-state index contributed by atoms with van der Waals surface area (Å²) in [6, 6.07) is 14.6. The fraction of sp³-hybridized carbons (Fsp3) is 0.391. The molecule has 1 aliphatic rings. The molecule has 0 spiro atoms. The molecule has 160 valence electrons. The van der Waals surface area contributed by atoms with Gasteiger partial charge in [-0.1, -0.05) is 60.5 Å². The van der Waals surface area contributed by atoms with E-state index < -0.39 is 0 Å². The first kappa shape index (κ1) is 22.4. The molecule has 30 heavy (non-hydrogen) atoms. The molecule has 1 saturated heterocycles. The van der Waals surface area contributed by atoms with Gasteiger partial charge in [0.2, 0.25) is 5.91 Å². The molecule has 3 rings (SSSR count). The zero-order chi connectivity index (χ0) is 21.6. The van der Waals surface area contributed by atoms with Crippen molar-refractivity contribution < 1.29 is 14.3 Å². The third-order valence-electron chi connectivity index (χ3n) is 5.54. The van der Waals surface area contributed by atoms with Crippen LogP contribution in [0.1, 0.15) is 38.2 Å². The van der Waals surface area contributed by atoms with Crippen molar-refractivity contribution in [2.24, 2.45) is 5.41 Å². The van der Waals surface area contributed by atoms with Crippen LogP contribution in [0.2, 0.25) is 10.0 Å². The van der Waals surface area contributed by atoms with Gasteiger partial charge in [0.25, 0.3) is 0 Å². The SMILES string of the molecule is CC1(CCC(=O)Nc2cc(Cl)cc(Cl)c2)CCN(C(=O)OCc2ccccc2)CC1. The van der Waals surface area contributed by atoms with Crippen LogP contribution >= 0.6 is 23.2 Å². The van der Waals surface area contributed by atoms with E-state index in [2.05, 4.69) is 12.2 Å². The summed E-state index contributed by atoms with van der Waals surface area (Å²) in [4.78, 5) is 26.4. The van der Waals surface area contributed by atoms with Crippen LogP contribution in [-0.2, 0) is 16.1 Å². The maximum Gasteiger partial charge on any atom is 0.410 e. The number of anilines is 1. The average Bonchev–Trinajstić information content (AvgIpc) is 2.71. The van der Waals surface area contributed by atoms with Gasteiger partial charge in [-0.25, -0.2) is 4.79 Å². The lowest BCUT2D eigenvalue weighted by Crippen LogP contribution is -2.42. The molecule has 0 saturated carbocycles. The Balaban J connectivity index is 1.41. The fourth-order valence-corrected chi connectivity index (χ4v) is 4.08. The Morgan fingerprint density at radius 1 is 1.07 bits per heavy atom. The van der Waals surface area contributed by atoms with Crippen LogP contribution in [0.15, 0.2) is 48.5 Å². The van der Waals surface area contributed by atoms with E-state index in [1.807, 2.05) is 30.3 Å². The molecule has 5 nitrogen and oxygen atoms in total. The average molecular weight is 449 g/mol.